The second-order valence-electron chi connectivity index (χ2n) is 4.16. The van der Waals surface area contributed by atoms with Gasteiger partial charge in [0.15, 0.2) is 0 Å². The molecule has 2 aromatic carbocycles. The summed E-state index contributed by atoms with van der Waals surface area (Å²) in [6.07, 6.45) is 0. The molecule has 0 aliphatic rings. The number of sulfonamides is 1. The first-order chi connectivity index (χ1) is 9.83. The number of hydrogen-bond donors (Lipinski definition) is 2. The van der Waals surface area contributed by atoms with E-state index in [1.54, 1.807) is 30.3 Å². The average Bonchev–Trinajstić information content (AvgIpc) is 2.42. The second kappa shape index (κ2) is 6.66. The third-order valence-corrected chi connectivity index (χ3v) is 6.21. The molecular weight excluding hydrogens is 445 g/mol. The topological polar surface area (TPSA) is 66.4 Å². The molecule has 8 heteroatoms. The Morgan fingerprint density at radius 2 is 1.81 bits per heavy atom. The number of halogens is 3. The minimum atomic E-state index is -3.74. The van der Waals surface area contributed by atoms with Crippen LogP contribution in [-0.2, 0) is 16.6 Å². The van der Waals surface area contributed by atoms with Gasteiger partial charge in [0.05, 0.1) is 17.3 Å². The summed E-state index contributed by atoms with van der Waals surface area (Å²) in [5.41, 5.74) is 1.01. The van der Waals surface area contributed by atoms with Crippen LogP contribution in [0.1, 0.15) is 5.56 Å². The first-order valence-electron chi connectivity index (χ1n) is 5.70. The van der Waals surface area contributed by atoms with Gasteiger partial charge < -0.3 is 5.11 Å². The summed E-state index contributed by atoms with van der Waals surface area (Å²) in [4.78, 5) is 0.0887. The molecule has 4 nitrogen and oxygen atoms in total. The zero-order valence-electron chi connectivity index (χ0n) is 10.5. The Morgan fingerprint density at radius 3 is 2.38 bits per heavy atom. The van der Waals surface area contributed by atoms with E-state index in [2.05, 4.69) is 36.6 Å². The molecule has 0 aromatic heterocycles. The Hall–Kier alpha value is -0.600. The van der Waals surface area contributed by atoms with Gasteiger partial charge in [0, 0.05) is 8.95 Å². The van der Waals surface area contributed by atoms with Crippen molar-refractivity contribution in [3.8, 4) is 0 Å². The maximum absolute atomic E-state index is 12.4. The lowest BCUT2D eigenvalue weighted by molar-refractivity contribution is 0.281. The monoisotopic (exact) mass is 453 g/mol. The van der Waals surface area contributed by atoms with Crippen molar-refractivity contribution < 1.29 is 13.5 Å². The van der Waals surface area contributed by atoms with Crippen molar-refractivity contribution in [2.24, 2.45) is 0 Å². The van der Waals surface area contributed by atoms with Gasteiger partial charge in [0.1, 0.15) is 4.90 Å². The largest absolute Gasteiger partial charge is 0.392 e. The Balaban J connectivity index is 2.36. The number of anilines is 1. The van der Waals surface area contributed by atoms with Crippen LogP contribution in [0.4, 0.5) is 5.69 Å². The number of nitrogens with one attached hydrogen (secondary N) is 1. The van der Waals surface area contributed by atoms with Gasteiger partial charge in [-0.05, 0) is 67.8 Å². The third-order valence-electron chi connectivity index (χ3n) is 2.64. The molecule has 0 spiro atoms. The Bertz CT molecular complexity index is 781. The van der Waals surface area contributed by atoms with Crippen LogP contribution in [0.25, 0.3) is 0 Å². The molecule has 0 aliphatic heterocycles. The second-order valence-corrected chi connectivity index (χ2v) is 7.92. The smallest absolute Gasteiger partial charge is 0.263 e. The molecule has 0 heterocycles. The van der Waals surface area contributed by atoms with Gasteiger partial charge in [-0.3, -0.25) is 4.72 Å². The molecule has 0 unspecified atom stereocenters. The number of benzene rings is 2. The molecule has 0 radical (unpaired) electrons. The van der Waals surface area contributed by atoms with Crippen molar-refractivity contribution >= 4 is 59.2 Å². The van der Waals surface area contributed by atoms with Crippen molar-refractivity contribution in [3.05, 3.63) is 55.9 Å². The number of rotatable bonds is 4. The lowest BCUT2D eigenvalue weighted by Gasteiger charge is -2.11. The molecule has 0 bridgehead atoms. The first kappa shape index (κ1) is 16.8. The van der Waals surface area contributed by atoms with Gasteiger partial charge in [-0.1, -0.05) is 17.7 Å². The van der Waals surface area contributed by atoms with Crippen LogP contribution in [0.15, 0.2) is 50.2 Å². The predicted octanol–water partition coefficient (Wildman–Crippen LogP) is 4.16. The summed E-state index contributed by atoms with van der Waals surface area (Å²) in [7, 11) is -3.74. The van der Waals surface area contributed by atoms with Gasteiger partial charge in [0.2, 0.25) is 0 Å². The van der Waals surface area contributed by atoms with E-state index in [4.69, 9.17) is 16.7 Å². The van der Waals surface area contributed by atoms with Crippen LogP contribution < -0.4 is 4.72 Å². The molecule has 0 fully saturated rings. The molecule has 21 heavy (non-hydrogen) atoms. The molecule has 0 saturated carbocycles. The van der Waals surface area contributed by atoms with E-state index in [9.17, 15) is 8.42 Å². The number of aliphatic hydroxyl groups excluding tert-OH is 1. The Morgan fingerprint density at radius 1 is 1.10 bits per heavy atom. The fourth-order valence-electron chi connectivity index (χ4n) is 1.63. The molecule has 0 aliphatic carbocycles. The van der Waals surface area contributed by atoms with Crippen LogP contribution in [0.5, 0.6) is 0 Å². The van der Waals surface area contributed by atoms with E-state index in [1.807, 2.05) is 0 Å². The van der Waals surface area contributed by atoms with Crippen LogP contribution in [0.2, 0.25) is 5.02 Å². The normalized spacial score (nSPS) is 11.4. The van der Waals surface area contributed by atoms with Crippen molar-refractivity contribution in [1.29, 1.82) is 0 Å². The van der Waals surface area contributed by atoms with Crippen LogP contribution in [0.3, 0.4) is 0 Å². The molecule has 0 atom stereocenters. The molecule has 2 rings (SSSR count). The van der Waals surface area contributed by atoms with E-state index in [1.165, 1.54) is 6.07 Å². The number of aliphatic hydroxyl groups is 1. The summed E-state index contributed by atoms with van der Waals surface area (Å²) >= 11 is 12.3. The van der Waals surface area contributed by atoms with E-state index in [-0.39, 0.29) is 11.5 Å². The average molecular weight is 456 g/mol. The van der Waals surface area contributed by atoms with Crippen LogP contribution in [0, 0.1) is 0 Å². The maximum Gasteiger partial charge on any atom is 0.263 e. The molecule has 0 saturated heterocycles. The lowest BCUT2D eigenvalue weighted by Crippen LogP contribution is -2.13. The lowest BCUT2D eigenvalue weighted by atomic mass is 10.2. The van der Waals surface area contributed by atoms with Crippen molar-refractivity contribution in [2.45, 2.75) is 11.5 Å². The van der Waals surface area contributed by atoms with Crippen molar-refractivity contribution in [2.75, 3.05) is 4.72 Å². The fraction of sp³-hybridized carbons (Fsp3) is 0.0769. The van der Waals surface area contributed by atoms with E-state index < -0.39 is 10.0 Å². The van der Waals surface area contributed by atoms with Crippen LogP contribution in [-0.4, -0.2) is 13.5 Å². The molecule has 2 aromatic rings. The summed E-state index contributed by atoms with van der Waals surface area (Å²) in [5.74, 6) is 0. The highest BCUT2D eigenvalue weighted by atomic mass is 79.9. The quantitative estimate of drug-likeness (QED) is 0.728. The SMILES string of the molecule is O=S(=O)(Nc1ccc(Cl)c(Br)c1)c1ccc(CO)cc1Br. The third kappa shape index (κ3) is 3.98. The zero-order chi connectivity index (χ0) is 15.6. The molecular formula is C13H10Br2ClNO3S. The van der Waals surface area contributed by atoms with E-state index in [0.29, 0.717) is 25.2 Å². The summed E-state index contributed by atoms with van der Waals surface area (Å²) in [6, 6.07) is 9.29. The first-order valence-corrected chi connectivity index (χ1v) is 9.15. The minimum Gasteiger partial charge on any atom is -0.392 e. The highest BCUT2D eigenvalue weighted by molar-refractivity contribution is 9.10. The van der Waals surface area contributed by atoms with Crippen LogP contribution >= 0.6 is 43.5 Å². The Kier molecular flexibility index (Phi) is 5.32. The zero-order valence-corrected chi connectivity index (χ0v) is 15.2. The minimum absolute atomic E-state index is 0.0887. The van der Waals surface area contributed by atoms with Crippen molar-refractivity contribution in [1.82, 2.24) is 0 Å². The van der Waals surface area contributed by atoms with E-state index >= 15 is 0 Å². The number of hydrogen-bond acceptors (Lipinski definition) is 3. The molecule has 112 valence electrons. The van der Waals surface area contributed by atoms with E-state index in [0.717, 1.165) is 0 Å². The van der Waals surface area contributed by atoms with Gasteiger partial charge >= 0.3 is 0 Å². The molecule has 0 amide bonds. The van der Waals surface area contributed by atoms with Gasteiger partial charge in [-0.2, -0.15) is 0 Å². The van der Waals surface area contributed by atoms with Gasteiger partial charge in [0.25, 0.3) is 10.0 Å². The predicted molar refractivity (Wildman–Crippen MR) is 90.0 cm³/mol. The summed E-state index contributed by atoms with van der Waals surface area (Å²) < 4.78 is 28.2. The maximum atomic E-state index is 12.4. The van der Waals surface area contributed by atoms with Gasteiger partial charge in [-0.15, -0.1) is 0 Å². The summed E-state index contributed by atoms with van der Waals surface area (Å²) in [5, 5.41) is 9.54. The standard InChI is InChI=1S/C13H10Br2ClNO3S/c14-10-6-9(2-3-12(10)16)17-21(19,20)13-4-1-8(7-18)5-11(13)15/h1-6,17-18H,7H2. The van der Waals surface area contributed by atoms with Crippen molar-refractivity contribution in [3.63, 3.8) is 0 Å². The highest BCUT2D eigenvalue weighted by Gasteiger charge is 2.18. The highest BCUT2D eigenvalue weighted by Crippen LogP contribution is 2.29. The van der Waals surface area contributed by atoms with Gasteiger partial charge in [-0.25, -0.2) is 8.42 Å². The fourth-order valence-corrected chi connectivity index (χ4v) is 4.30. The summed E-state index contributed by atoms with van der Waals surface area (Å²) in [6.45, 7) is -0.156. The molecule has 2 N–H and O–H groups in total. The Labute approximate surface area is 144 Å².